The maximum atomic E-state index is 6.04. The molecular weight excluding hydrogens is 368 g/mol. The van der Waals surface area contributed by atoms with Gasteiger partial charge in [-0.05, 0) is 23.8 Å². The summed E-state index contributed by atoms with van der Waals surface area (Å²) >= 11 is 6.04. The standard InChI is InChI=1S/C23H17ClN4/c24-20-13-11-18(12-14-20)22(15-10-17-6-2-1-3-7-17)26-28-23-21-9-5-4-8-19(21)16-25-27-23/h1-16H,(H,27,28)/b15-10+,26-22-. The summed E-state index contributed by atoms with van der Waals surface area (Å²) < 4.78 is 0. The van der Waals surface area contributed by atoms with E-state index < -0.39 is 0 Å². The third kappa shape index (κ3) is 4.24. The summed E-state index contributed by atoms with van der Waals surface area (Å²) in [5.41, 5.74) is 5.86. The molecule has 0 saturated heterocycles. The van der Waals surface area contributed by atoms with Crippen LogP contribution in [0.5, 0.6) is 0 Å². The molecule has 0 amide bonds. The van der Waals surface area contributed by atoms with Crippen LogP contribution in [0.2, 0.25) is 5.02 Å². The van der Waals surface area contributed by atoms with Crippen LogP contribution in [0.25, 0.3) is 16.8 Å². The summed E-state index contributed by atoms with van der Waals surface area (Å²) in [6.07, 6.45) is 5.72. The molecule has 4 rings (SSSR count). The van der Waals surface area contributed by atoms with Crippen molar-refractivity contribution in [1.82, 2.24) is 10.2 Å². The van der Waals surface area contributed by atoms with Gasteiger partial charge < -0.3 is 0 Å². The lowest BCUT2D eigenvalue weighted by Crippen LogP contribution is -2.03. The normalized spacial score (nSPS) is 11.8. The number of hydrogen-bond acceptors (Lipinski definition) is 4. The van der Waals surface area contributed by atoms with Crippen LogP contribution in [-0.4, -0.2) is 15.9 Å². The van der Waals surface area contributed by atoms with Crippen molar-refractivity contribution in [3.63, 3.8) is 0 Å². The van der Waals surface area contributed by atoms with Gasteiger partial charge in [0.1, 0.15) is 0 Å². The van der Waals surface area contributed by atoms with E-state index in [1.807, 2.05) is 91.0 Å². The van der Waals surface area contributed by atoms with Gasteiger partial charge in [-0.2, -0.15) is 10.2 Å². The van der Waals surface area contributed by atoms with Gasteiger partial charge in [0, 0.05) is 21.4 Å². The number of aromatic nitrogens is 2. The van der Waals surface area contributed by atoms with Crippen molar-refractivity contribution in [2.24, 2.45) is 5.10 Å². The smallest absolute Gasteiger partial charge is 0.176 e. The van der Waals surface area contributed by atoms with Gasteiger partial charge >= 0.3 is 0 Å². The molecule has 0 aliphatic rings. The molecule has 0 aliphatic carbocycles. The lowest BCUT2D eigenvalue weighted by Gasteiger charge is -2.06. The maximum Gasteiger partial charge on any atom is 0.176 e. The van der Waals surface area contributed by atoms with Gasteiger partial charge in [0.15, 0.2) is 5.82 Å². The highest BCUT2D eigenvalue weighted by molar-refractivity contribution is 6.30. The Morgan fingerprint density at radius 1 is 0.893 bits per heavy atom. The van der Waals surface area contributed by atoms with Gasteiger partial charge in [0.2, 0.25) is 0 Å². The fraction of sp³-hybridized carbons (Fsp3) is 0. The Labute approximate surface area is 168 Å². The molecule has 28 heavy (non-hydrogen) atoms. The topological polar surface area (TPSA) is 50.2 Å². The molecule has 0 spiro atoms. The molecule has 3 aromatic carbocycles. The fourth-order valence-corrected chi connectivity index (χ4v) is 2.91. The van der Waals surface area contributed by atoms with E-state index in [2.05, 4.69) is 20.7 Å². The molecule has 4 nitrogen and oxygen atoms in total. The number of nitrogens with one attached hydrogen (secondary N) is 1. The van der Waals surface area contributed by atoms with Crippen molar-refractivity contribution in [1.29, 1.82) is 0 Å². The Balaban J connectivity index is 1.69. The third-order valence-electron chi connectivity index (χ3n) is 4.23. The number of hydrogen-bond donors (Lipinski definition) is 1. The van der Waals surface area contributed by atoms with Crippen molar-refractivity contribution < 1.29 is 0 Å². The zero-order valence-electron chi connectivity index (χ0n) is 15.0. The summed E-state index contributed by atoms with van der Waals surface area (Å²) in [6.45, 7) is 0. The molecule has 1 N–H and O–H groups in total. The summed E-state index contributed by atoms with van der Waals surface area (Å²) in [6, 6.07) is 25.6. The predicted molar refractivity (Wildman–Crippen MR) is 117 cm³/mol. The van der Waals surface area contributed by atoms with E-state index in [4.69, 9.17) is 11.6 Å². The first-order valence-electron chi connectivity index (χ1n) is 8.83. The second kappa shape index (κ2) is 8.46. The second-order valence-corrected chi connectivity index (χ2v) is 6.58. The van der Waals surface area contributed by atoms with E-state index in [1.54, 1.807) is 6.20 Å². The zero-order valence-corrected chi connectivity index (χ0v) is 15.7. The Bertz CT molecular complexity index is 1130. The minimum absolute atomic E-state index is 0.609. The second-order valence-electron chi connectivity index (χ2n) is 6.14. The van der Waals surface area contributed by atoms with Gasteiger partial charge in [-0.1, -0.05) is 84.4 Å². The Hall–Kier alpha value is -3.50. The monoisotopic (exact) mass is 384 g/mol. The van der Waals surface area contributed by atoms with Crippen molar-refractivity contribution >= 4 is 40.0 Å². The van der Waals surface area contributed by atoms with Crippen LogP contribution < -0.4 is 5.43 Å². The maximum absolute atomic E-state index is 6.04. The Kier molecular flexibility index (Phi) is 5.41. The largest absolute Gasteiger partial charge is 0.259 e. The van der Waals surface area contributed by atoms with Crippen LogP contribution in [0, 0.1) is 0 Å². The highest BCUT2D eigenvalue weighted by Crippen LogP contribution is 2.20. The minimum Gasteiger partial charge on any atom is -0.259 e. The van der Waals surface area contributed by atoms with E-state index >= 15 is 0 Å². The fourth-order valence-electron chi connectivity index (χ4n) is 2.78. The van der Waals surface area contributed by atoms with Gasteiger partial charge in [-0.15, -0.1) is 5.10 Å². The van der Waals surface area contributed by atoms with E-state index in [9.17, 15) is 0 Å². The first kappa shape index (κ1) is 17.9. The number of hydrazone groups is 1. The van der Waals surface area contributed by atoms with Gasteiger partial charge in [0.25, 0.3) is 0 Å². The van der Waals surface area contributed by atoms with Crippen molar-refractivity contribution in [3.8, 4) is 0 Å². The van der Waals surface area contributed by atoms with Gasteiger partial charge in [-0.25, -0.2) is 0 Å². The predicted octanol–water partition coefficient (Wildman–Crippen LogP) is 5.81. The SMILES string of the molecule is Clc1ccc(C(/C=C/c2ccccc2)=N\Nc2nncc3ccccc23)cc1. The average molecular weight is 385 g/mol. The third-order valence-corrected chi connectivity index (χ3v) is 4.48. The molecule has 0 unspecified atom stereocenters. The zero-order chi connectivity index (χ0) is 19.2. The van der Waals surface area contributed by atoms with Crippen molar-refractivity contribution in [3.05, 3.63) is 107 Å². The van der Waals surface area contributed by atoms with Crippen LogP contribution in [0.1, 0.15) is 11.1 Å². The highest BCUT2D eigenvalue weighted by Gasteiger charge is 2.04. The molecule has 1 aromatic heterocycles. The molecule has 0 bridgehead atoms. The van der Waals surface area contributed by atoms with E-state index in [0.717, 1.165) is 27.6 Å². The molecule has 0 aliphatic heterocycles. The summed E-state index contributed by atoms with van der Waals surface area (Å²) in [4.78, 5) is 0. The number of fused-ring (bicyclic) bond motifs is 1. The molecule has 5 heteroatoms. The molecule has 0 fully saturated rings. The number of nitrogens with zero attached hydrogens (tertiary/aromatic N) is 3. The summed E-state index contributed by atoms with van der Waals surface area (Å²) in [7, 11) is 0. The van der Waals surface area contributed by atoms with Crippen molar-refractivity contribution in [2.45, 2.75) is 0 Å². The Morgan fingerprint density at radius 3 is 2.46 bits per heavy atom. The van der Waals surface area contributed by atoms with Crippen LogP contribution in [0.4, 0.5) is 5.82 Å². The lowest BCUT2D eigenvalue weighted by atomic mass is 10.1. The molecule has 0 radical (unpaired) electrons. The summed E-state index contributed by atoms with van der Waals surface area (Å²) in [5.74, 6) is 0.609. The highest BCUT2D eigenvalue weighted by atomic mass is 35.5. The molecule has 136 valence electrons. The first-order chi connectivity index (χ1) is 13.8. The molecule has 0 saturated carbocycles. The first-order valence-corrected chi connectivity index (χ1v) is 9.20. The number of allylic oxidation sites excluding steroid dienone is 1. The Morgan fingerprint density at radius 2 is 1.64 bits per heavy atom. The number of anilines is 1. The molecule has 4 aromatic rings. The van der Waals surface area contributed by atoms with Gasteiger partial charge in [0.05, 0.1) is 11.9 Å². The minimum atomic E-state index is 0.609. The van der Waals surface area contributed by atoms with Gasteiger partial charge in [-0.3, -0.25) is 5.43 Å². The van der Waals surface area contributed by atoms with E-state index in [-0.39, 0.29) is 0 Å². The van der Waals surface area contributed by atoms with Crippen LogP contribution >= 0.6 is 11.6 Å². The quantitative estimate of drug-likeness (QED) is 0.348. The molecule has 1 heterocycles. The molecular formula is C23H17ClN4. The number of benzene rings is 3. The van der Waals surface area contributed by atoms with Crippen LogP contribution in [0.15, 0.2) is 96.2 Å². The lowest BCUT2D eigenvalue weighted by molar-refractivity contribution is 1.04. The van der Waals surface area contributed by atoms with Crippen LogP contribution in [0.3, 0.4) is 0 Å². The number of halogens is 1. The average Bonchev–Trinajstić information content (AvgIpc) is 2.75. The van der Waals surface area contributed by atoms with Crippen molar-refractivity contribution in [2.75, 3.05) is 5.43 Å². The molecule has 0 atom stereocenters. The van der Waals surface area contributed by atoms with E-state index in [1.165, 1.54) is 0 Å². The summed E-state index contributed by atoms with van der Waals surface area (Å²) in [5, 5.41) is 15.5. The van der Waals surface area contributed by atoms with E-state index in [0.29, 0.717) is 10.8 Å². The van der Waals surface area contributed by atoms with Crippen LogP contribution in [-0.2, 0) is 0 Å². The number of rotatable bonds is 5.